The van der Waals surface area contributed by atoms with E-state index in [4.69, 9.17) is 9.97 Å². The smallest absolute Gasteiger partial charge is 0.237 e. The van der Waals surface area contributed by atoms with Gasteiger partial charge in [0, 0.05) is 55.1 Å². The van der Waals surface area contributed by atoms with Crippen LogP contribution in [0.4, 0.5) is 5.82 Å². The van der Waals surface area contributed by atoms with E-state index in [1.807, 2.05) is 36.6 Å². The van der Waals surface area contributed by atoms with E-state index in [1.165, 1.54) is 22.2 Å². The van der Waals surface area contributed by atoms with Crippen molar-refractivity contribution in [1.29, 1.82) is 0 Å². The summed E-state index contributed by atoms with van der Waals surface area (Å²) in [4.78, 5) is 34.3. The van der Waals surface area contributed by atoms with Crippen LogP contribution in [0.2, 0.25) is 0 Å². The highest BCUT2D eigenvalue weighted by atomic mass is 32.1. The van der Waals surface area contributed by atoms with E-state index >= 15 is 0 Å². The van der Waals surface area contributed by atoms with Crippen LogP contribution in [0.5, 0.6) is 0 Å². The molecule has 2 fully saturated rings. The summed E-state index contributed by atoms with van der Waals surface area (Å²) in [5.74, 6) is 2.70. The number of nitrogens with one attached hydrogen (secondary N) is 1. The van der Waals surface area contributed by atoms with Crippen molar-refractivity contribution in [2.45, 2.75) is 58.0 Å². The summed E-state index contributed by atoms with van der Waals surface area (Å²) in [6.45, 7) is 7.82. The monoisotopic (exact) mass is 476 g/mol. The van der Waals surface area contributed by atoms with Crippen LogP contribution in [-0.4, -0.2) is 64.0 Å². The van der Waals surface area contributed by atoms with Crippen molar-refractivity contribution < 1.29 is 4.79 Å². The van der Waals surface area contributed by atoms with Gasteiger partial charge in [0.15, 0.2) is 5.82 Å². The van der Waals surface area contributed by atoms with E-state index < -0.39 is 0 Å². The minimum atomic E-state index is -0.0884. The van der Waals surface area contributed by atoms with Crippen LogP contribution in [0.1, 0.15) is 43.6 Å². The molecular weight excluding hydrogens is 444 g/mol. The molecular formula is C26H32N6OS. The number of anilines is 1. The minimum absolute atomic E-state index is 0.0884. The first-order valence-electron chi connectivity index (χ1n) is 12.6. The summed E-state index contributed by atoms with van der Waals surface area (Å²) in [6.07, 6.45) is 9.35. The Hall–Kier alpha value is -2.58. The lowest BCUT2D eigenvalue weighted by atomic mass is 9.89. The maximum atomic E-state index is 12.6. The molecule has 3 aromatic rings. The molecule has 2 atom stereocenters. The molecule has 0 spiro atoms. The Morgan fingerprint density at radius 3 is 2.74 bits per heavy atom. The van der Waals surface area contributed by atoms with Gasteiger partial charge in [-0.1, -0.05) is 6.92 Å². The number of hydrogen-bond acceptors (Lipinski definition) is 7. The Morgan fingerprint density at radius 2 is 2.00 bits per heavy atom. The van der Waals surface area contributed by atoms with E-state index in [9.17, 15) is 4.79 Å². The lowest BCUT2D eigenvalue weighted by molar-refractivity contribution is -0.126. The van der Waals surface area contributed by atoms with Gasteiger partial charge in [0.2, 0.25) is 5.91 Å². The number of rotatable bonds is 5. The number of piperazine rings is 1. The number of nitrogens with zero attached hydrogens (tertiary/aromatic N) is 5. The third-order valence-corrected chi connectivity index (χ3v) is 8.67. The fourth-order valence-corrected chi connectivity index (χ4v) is 6.59. The van der Waals surface area contributed by atoms with Gasteiger partial charge >= 0.3 is 0 Å². The van der Waals surface area contributed by atoms with Crippen LogP contribution in [0, 0.1) is 5.92 Å². The summed E-state index contributed by atoms with van der Waals surface area (Å²) in [7, 11) is 0. The average Bonchev–Trinajstić information content (AvgIpc) is 3.61. The molecule has 2 aliphatic carbocycles. The second-order valence-electron chi connectivity index (χ2n) is 10.1. The summed E-state index contributed by atoms with van der Waals surface area (Å²) in [5, 5.41) is 4.42. The Morgan fingerprint density at radius 1 is 1.18 bits per heavy atom. The molecule has 34 heavy (non-hydrogen) atoms. The second kappa shape index (κ2) is 8.89. The molecule has 0 radical (unpaired) electrons. The third kappa shape index (κ3) is 4.18. The fraction of sp³-hybridized carbons (Fsp3) is 0.538. The zero-order valence-corrected chi connectivity index (χ0v) is 20.8. The fourth-order valence-electron chi connectivity index (χ4n) is 5.21. The standard InChI is InChI=1S/C26H32N6OS/c1-16-5-8-20-21(14-16)34-26-22(20)24(29-23(30-26)18-4-3-9-27-15-18)32-12-10-31(11-13-32)17(2)25(33)28-19-6-7-19/h3-4,9,15-17,19H,5-8,10-14H2,1-2H3,(H,28,33). The van der Waals surface area contributed by atoms with Crippen LogP contribution in [0.3, 0.4) is 0 Å². The van der Waals surface area contributed by atoms with Crippen molar-refractivity contribution in [3.63, 3.8) is 0 Å². The Kier molecular flexibility index (Phi) is 5.73. The van der Waals surface area contributed by atoms with E-state index in [2.05, 4.69) is 27.0 Å². The normalized spacial score (nSPS) is 21.9. The molecule has 0 bridgehead atoms. The van der Waals surface area contributed by atoms with Crippen LogP contribution in [0.25, 0.3) is 21.6 Å². The molecule has 1 saturated carbocycles. The Labute approximate surface area is 204 Å². The zero-order chi connectivity index (χ0) is 23.2. The number of pyridine rings is 1. The van der Waals surface area contributed by atoms with Crippen molar-refractivity contribution in [2.24, 2.45) is 5.92 Å². The predicted molar refractivity (Wildman–Crippen MR) is 136 cm³/mol. The molecule has 1 amide bonds. The molecule has 7 nitrogen and oxygen atoms in total. The number of aromatic nitrogens is 3. The largest absolute Gasteiger partial charge is 0.353 e. The van der Waals surface area contributed by atoms with Crippen molar-refractivity contribution >= 4 is 33.3 Å². The topological polar surface area (TPSA) is 74.2 Å². The maximum absolute atomic E-state index is 12.6. The second-order valence-corrected chi connectivity index (χ2v) is 11.2. The zero-order valence-electron chi connectivity index (χ0n) is 20.0. The number of carbonyl (C=O) groups is 1. The van der Waals surface area contributed by atoms with E-state index in [1.54, 1.807) is 6.20 Å². The molecule has 3 aromatic heterocycles. The number of amides is 1. The quantitative estimate of drug-likeness (QED) is 0.606. The van der Waals surface area contributed by atoms with Crippen LogP contribution >= 0.6 is 11.3 Å². The third-order valence-electron chi connectivity index (χ3n) is 7.52. The van der Waals surface area contributed by atoms with Crippen LogP contribution < -0.4 is 10.2 Å². The maximum Gasteiger partial charge on any atom is 0.237 e. The highest BCUT2D eigenvalue weighted by molar-refractivity contribution is 7.19. The summed E-state index contributed by atoms with van der Waals surface area (Å²) >= 11 is 1.85. The molecule has 4 heterocycles. The van der Waals surface area contributed by atoms with Gasteiger partial charge < -0.3 is 10.2 Å². The molecule has 1 saturated heterocycles. The first kappa shape index (κ1) is 21.9. The Bertz CT molecular complexity index is 1200. The van der Waals surface area contributed by atoms with E-state index in [0.717, 1.165) is 79.8 Å². The molecule has 0 aromatic carbocycles. The molecule has 8 heteroatoms. The minimum Gasteiger partial charge on any atom is -0.353 e. The van der Waals surface area contributed by atoms with Gasteiger partial charge in [-0.3, -0.25) is 14.7 Å². The number of carbonyl (C=O) groups excluding carboxylic acids is 1. The van der Waals surface area contributed by atoms with Crippen LogP contribution in [0.15, 0.2) is 24.5 Å². The number of hydrogen-bond donors (Lipinski definition) is 1. The lowest BCUT2D eigenvalue weighted by Crippen LogP contribution is -2.54. The summed E-state index contributed by atoms with van der Waals surface area (Å²) < 4.78 is 0. The van der Waals surface area contributed by atoms with Gasteiger partial charge in [-0.2, -0.15) is 0 Å². The van der Waals surface area contributed by atoms with Crippen molar-refractivity contribution in [3.8, 4) is 11.4 Å². The van der Waals surface area contributed by atoms with Gasteiger partial charge in [0.1, 0.15) is 10.6 Å². The SMILES string of the molecule is CC1CCc2c(sc3nc(-c4cccnc4)nc(N4CCN(C(C)C(=O)NC5CC5)CC4)c23)C1. The van der Waals surface area contributed by atoms with Crippen molar-refractivity contribution in [2.75, 3.05) is 31.1 Å². The molecule has 178 valence electrons. The molecule has 2 unspecified atom stereocenters. The Balaban J connectivity index is 1.31. The number of aryl methyl sites for hydroxylation is 1. The van der Waals surface area contributed by atoms with Gasteiger partial charge in [-0.15, -0.1) is 11.3 Å². The number of thiophene rings is 1. The van der Waals surface area contributed by atoms with Gasteiger partial charge in [0.05, 0.1) is 11.4 Å². The highest BCUT2D eigenvalue weighted by Crippen LogP contribution is 2.42. The predicted octanol–water partition coefficient (Wildman–Crippen LogP) is 3.67. The molecule has 1 N–H and O–H groups in total. The first-order chi connectivity index (χ1) is 16.6. The molecule has 3 aliphatic rings. The van der Waals surface area contributed by atoms with Gasteiger partial charge in [-0.05, 0) is 62.6 Å². The van der Waals surface area contributed by atoms with Gasteiger partial charge in [-0.25, -0.2) is 9.97 Å². The highest BCUT2D eigenvalue weighted by Gasteiger charge is 2.32. The molecule has 6 rings (SSSR count). The average molecular weight is 477 g/mol. The van der Waals surface area contributed by atoms with Crippen molar-refractivity contribution in [3.05, 3.63) is 35.0 Å². The summed E-state index contributed by atoms with van der Waals surface area (Å²) in [6, 6.07) is 4.29. The van der Waals surface area contributed by atoms with Crippen molar-refractivity contribution in [1.82, 2.24) is 25.2 Å². The lowest BCUT2D eigenvalue weighted by Gasteiger charge is -2.38. The first-order valence-corrected chi connectivity index (χ1v) is 13.4. The van der Waals surface area contributed by atoms with Crippen LogP contribution in [-0.2, 0) is 17.6 Å². The summed E-state index contributed by atoms with van der Waals surface area (Å²) in [5.41, 5.74) is 2.42. The van der Waals surface area contributed by atoms with E-state index in [0.29, 0.717) is 6.04 Å². The van der Waals surface area contributed by atoms with Gasteiger partial charge in [0.25, 0.3) is 0 Å². The van der Waals surface area contributed by atoms with E-state index in [-0.39, 0.29) is 11.9 Å². The number of fused-ring (bicyclic) bond motifs is 3. The molecule has 1 aliphatic heterocycles.